The van der Waals surface area contributed by atoms with Gasteiger partial charge in [0.05, 0.1) is 17.2 Å². The molecule has 7 radical (unpaired) electrons. The molecule has 29 heavy (non-hydrogen) atoms. The summed E-state index contributed by atoms with van der Waals surface area (Å²) < 4.78 is 0. The van der Waals surface area contributed by atoms with E-state index in [1.807, 2.05) is 0 Å². The second kappa shape index (κ2) is 117. The third-order valence-electron chi connectivity index (χ3n) is 0. The minimum atomic E-state index is -2.87. The predicted octanol–water partition coefficient (Wildman–Crippen LogP) is -8.17. The van der Waals surface area contributed by atoms with Gasteiger partial charge in [0.2, 0.25) is 0 Å². The van der Waals surface area contributed by atoms with E-state index in [0.29, 0.717) is 0 Å². The van der Waals surface area contributed by atoms with Crippen molar-refractivity contribution in [2.45, 2.75) is 0 Å². The normalized spacial score (nSPS) is 4.97. The van der Waals surface area contributed by atoms with Crippen LogP contribution in [0, 0.1) is 0 Å². The first-order valence-corrected chi connectivity index (χ1v) is 7.10. The molecule has 0 fully saturated rings. The molecule has 0 saturated heterocycles. The van der Waals surface area contributed by atoms with Crippen molar-refractivity contribution in [1.29, 1.82) is 0 Å². The van der Waals surface area contributed by atoms with Crippen LogP contribution in [0.25, 0.3) is 0 Å². The van der Waals surface area contributed by atoms with E-state index in [1.54, 1.807) is 0 Å². The summed E-state index contributed by atoms with van der Waals surface area (Å²) in [5.41, 5.74) is 0. The van der Waals surface area contributed by atoms with E-state index in [4.69, 9.17) is 58.7 Å². The maximum Gasteiger partial charge on any atom is 0.324 e. The maximum atomic E-state index is 8.70. The Morgan fingerprint density at radius 3 is 0.345 bits per heavy atom. The van der Waals surface area contributed by atoms with Gasteiger partial charge in [-0.15, -0.1) is 0 Å². The molecule has 0 spiro atoms. The van der Waals surface area contributed by atoms with Crippen LogP contribution in [0.15, 0.2) is 0 Å². The second-order valence-corrected chi connectivity index (χ2v) is 3.13. The summed E-state index contributed by atoms with van der Waals surface area (Å²) in [7, 11) is -11.0. The average Bonchev–Trinajstić information content (AvgIpc) is 1.76. The van der Waals surface area contributed by atoms with Crippen molar-refractivity contribution in [3.63, 3.8) is 0 Å². The Morgan fingerprint density at radius 2 is 0.345 bits per heavy atom. The Morgan fingerprint density at radius 1 is 0.345 bits per heavy atom. The fourth-order valence-corrected chi connectivity index (χ4v) is 0. The first kappa shape index (κ1) is 128. The van der Waals surface area contributed by atoms with Crippen molar-refractivity contribution in [2.75, 3.05) is 0 Å². The van der Waals surface area contributed by atoms with E-state index in [2.05, 4.69) is 0 Å². The quantitative estimate of drug-likeness (QED) is 0.102. The molecule has 0 aromatic rings. The topological polar surface area (TPSA) is 434 Å². The molecule has 0 aliphatic carbocycles. The van der Waals surface area contributed by atoms with Crippen LogP contribution < -0.4 is 9.79 Å². The monoisotopic (exact) mass is 789 g/mol. The third-order valence-corrected chi connectivity index (χ3v) is 0. The molecule has 0 amide bonds. The molecule has 0 aromatic heterocycles. The SMILES string of the molecule is O.O.O.O.OP(O)O.OP(O)O.[O-]P(O)O.[O-]P(O)O.[OH-].[OH-].[V].[V].[V].[V].[V].[V].[V]. The van der Waals surface area contributed by atoms with Crippen LogP contribution in [0.4, 0.5) is 0 Å². The van der Waals surface area contributed by atoms with Gasteiger partial charge in [0, 0.05) is 130 Å². The van der Waals surface area contributed by atoms with Gasteiger partial charge in [-0.2, -0.15) is 0 Å². The van der Waals surface area contributed by atoms with Gasteiger partial charge in [-0.1, -0.05) is 0 Å². The van der Waals surface area contributed by atoms with Gasteiger partial charge in [0.1, 0.15) is 0 Å². The molecule has 18 nitrogen and oxygen atoms in total. The van der Waals surface area contributed by atoms with Crippen molar-refractivity contribution in [3.05, 3.63) is 0 Å². The van der Waals surface area contributed by atoms with E-state index in [-0.39, 0.29) is 163 Å². The Hall–Kier alpha value is 5.09. The molecule has 0 saturated carbocycles. The van der Waals surface area contributed by atoms with Crippen molar-refractivity contribution >= 4 is 34.4 Å². The van der Waals surface area contributed by atoms with Crippen LogP contribution in [0.5, 0.6) is 0 Å². The summed E-state index contributed by atoms with van der Waals surface area (Å²) >= 11 is 0. The zero-order valence-electron chi connectivity index (χ0n) is 13.1. The van der Waals surface area contributed by atoms with Gasteiger partial charge in [0.15, 0.2) is 0 Å². The van der Waals surface area contributed by atoms with Crippen LogP contribution in [-0.4, -0.2) is 81.8 Å². The molecule has 0 aromatic carbocycles. The van der Waals surface area contributed by atoms with Crippen molar-refractivity contribution < 1.29 is 221 Å². The summed E-state index contributed by atoms with van der Waals surface area (Å²) in [4.78, 5) is 89.3. The Kier molecular flexibility index (Phi) is 514. The Labute approximate surface area is 253 Å². The van der Waals surface area contributed by atoms with E-state index < -0.39 is 34.4 Å². The largest absolute Gasteiger partial charge is 0.870 e. The van der Waals surface area contributed by atoms with Crippen molar-refractivity contribution in [3.8, 4) is 0 Å². The third kappa shape index (κ3) is 1230. The summed E-state index contributed by atoms with van der Waals surface area (Å²) in [6.45, 7) is 0. The van der Waals surface area contributed by atoms with E-state index >= 15 is 0 Å². The molecule has 29 heteroatoms. The van der Waals surface area contributed by atoms with Gasteiger partial charge in [-0.25, -0.2) is 0 Å². The number of hydrogen-bond acceptors (Lipinski definition) is 14. The molecular weight excluding hydrogens is 768 g/mol. The Balaban J connectivity index is -0.00000000384. The first-order chi connectivity index (χ1) is 6.93. The van der Waals surface area contributed by atoms with Gasteiger partial charge < -0.3 is 91.6 Å². The minimum absolute atomic E-state index is 0. The van der Waals surface area contributed by atoms with Gasteiger partial charge in [-0.3, -0.25) is 0 Å². The zero-order chi connectivity index (χ0) is 14.3. The molecule has 20 N–H and O–H groups in total. The van der Waals surface area contributed by atoms with E-state index in [9.17, 15) is 0 Å². The standard InChI is InChI=1S/2H3O3P.2H2O3P.6H2O.7V/c4*1-4(2)3;;;;;;;;;;;;;/h2*1-3H;2*1-2H;6*1H2;;;;;;;/q;;2*-1;;;;;;;;;;;;;/p-2. The smallest absolute Gasteiger partial charge is 0.324 e. The Bertz CT molecular complexity index is 81.2. The number of hydrogen-bond donors (Lipinski definition) is 10. The molecule has 0 bridgehead atoms. The molecule has 0 atom stereocenters. The molecule has 187 valence electrons. The molecule has 0 aliphatic rings. The molecule has 0 aliphatic heterocycles. The van der Waals surface area contributed by atoms with Crippen LogP contribution in [0.3, 0.4) is 0 Å². The van der Waals surface area contributed by atoms with Gasteiger partial charge in [0.25, 0.3) is 0 Å². The van der Waals surface area contributed by atoms with Crippen LogP contribution in [0.1, 0.15) is 0 Å². The van der Waals surface area contributed by atoms with Crippen LogP contribution in [-0.2, 0) is 130 Å². The maximum absolute atomic E-state index is 8.70. The van der Waals surface area contributed by atoms with Crippen LogP contribution >= 0.6 is 34.4 Å². The van der Waals surface area contributed by atoms with E-state index in [0.717, 1.165) is 0 Å². The molecule has 0 heterocycles. The van der Waals surface area contributed by atoms with Crippen molar-refractivity contribution in [2.24, 2.45) is 0 Å². The fourth-order valence-electron chi connectivity index (χ4n) is 0. The van der Waals surface area contributed by atoms with E-state index in [1.165, 1.54) is 0 Å². The minimum Gasteiger partial charge on any atom is -0.870 e. The fraction of sp³-hybridized carbons (Fsp3) is 0. The molecular formula is H20O18P4V7-4. The van der Waals surface area contributed by atoms with Gasteiger partial charge >= 0.3 is 17.2 Å². The van der Waals surface area contributed by atoms with Gasteiger partial charge in [-0.05, 0) is 0 Å². The van der Waals surface area contributed by atoms with Crippen LogP contribution in [0.2, 0.25) is 0 Å². The second-order valence-electron chi connectivity index (χ2n) is 1.04. The molecule has 0 unspecified atom stereocenters. The summed E-state index contributed by atoms with van der Waals surface area (Å²) in [5.74, 6) is 0. The number of rotatable bonds is 0. The molecule has 0 rings (SSSR count). The summed E-state index contributed by atoms with van der Waals surface area (Å²) in [6.07, 6.45) is 0. The first-order valence-electron chi connectivity index (χ1n) is 2.37. The average molecular weight is 789 g/mol. The zero-order valence-corrected chi connectivity index (χ0v) is 26.5. The summed E-state index contributed by atoms with van der Waals surface area (Å²) in [6, 6.07) is 0. The predicted molar refractivity (Wildman–Crippen MR) is 68.2 cm³/mol. The summed E-state index contributed by atoms with van der Waals surface area (Å²) in [5, 5.41) is 0. The van der Waals surface area contributed by atoms with Crippen molar-refractivity contribution in [1.82, 2.24) is 0 Å².